The van der Waals surface area contributed by atoms with Crippen LogP contribution in [-0.2, 0) is 0 Å². The Morgan fingerprint density at radius 1 is 1.47 bits per heavy atom. The van der Waals surface area contributed by atoms with Gasteiger partial charge in [0.25, 0.3) is 0 Å². The number of hydrogen-bond acceptors (Lipinski definition) is 8. The minimum absolute atomic E-state index is 0.0642. The molecule has 100 valence electrons. The molecule has 0 aromatic carbocycles. The summed E-state index contributed by atoms with van der Waals surface area (Å²) >= 11 is 4.66. The zero-order valence-electron chi connectivity index (χ0n) is 10.2. The van der Waals surface area contributed by atoms with Gasteiger partial charge in [0.2, 0.25) is 11.6 Å². The third kappa shape index (κ3) is 2.49. The molecule has 10 nitrogen and oxygen atoms in total. The molecule has 0 bridgehead atoms. The van der Waals surface area contributed by atoms with Gasteiger partial charge in [-0.05, 0) is 36.4 Å². The SMILES string of the molecule is CC(=NNC(N)=S)c1nnn(-c2nonc2N)c1C. The molecule has 0 aliphatic heterocycles. The topological polar surface area (TPSA) is 146 Å². The molecule has 0 saturated carbocycles. The predicted molar refractivity (Wildman–Crippen MR) is 70.5 cm³/mol. The standard InChI is InChI=1S/C8H11N9OS/c1-3(11-13-8(10)19)5-4(2)17(16-12-5)7-6(9)14-18-15-7/h1-2H3,(H2,9,14)(H3,10,13,19). The van der Waals surface area contributed by atoms with Gasteiger partial charge in [0, 0.05) is 0 Å². The van der Waals surface area contributed by atoms with Crippen LogP contribution in [0.2, 0.25) is 0 Å². The highest BCUT2D eigenvalue weighted by atomic mass is 32.1. The summed E-state index contributed by atoms with van der Waals surface area (Å²) < 4.78 is 5.92. The number of thiocarbonyl (C=S) groups is 1. The molecule has 0 spiro atoms. The molecule has 2 aromatic rings. The Hall–Kier alpha value is -2.56. The maximum Gasteiger partial charge on any atom is 0.243 e. The van der Waals surface area contributed by atoms with Crippen molar-refractivity contribution < 1.29 is 4.63 Å². The van der Waals surface area contributed by atoms with E-state index in [0.29, 0.717) is 17.1 Å². The summed E-state index contributed by atoms with van der Waals surface area (Å²) in [6, 6.07) is 0. The molecule has 2 heterocycles. The highest BCUT2D eigenvalue weighted by Crippen LogP contribution is 2.14. The Labute approximate surface area is 112 Å². The second-order valence-electron chi connectivity index (χ2n) is 3.58. The number of hydrogen-bond donors (Lipinski definition) is 3. The Bertz CT molecular complexity index is 642. The number of nitrogens with two attached hydrogens (primary N) is 2. The van der Waals surface area contributed by atoms with Crippen molar-refractivity contribution in [3.8, 4) is 5.82 Å². The van der Waals surface area contributed by atoms with Gasteiger partial charge in [0.15, 0.2) is 5.11 Å². The third-order valence-electron chi connectivity index (χ3n) is 2.27. The highest BCUT2D eigenvalue weighted by Gasteiger charge is 2.17. The van der Waals surface area contributed by atoms with Crippen LogP contribution < -0.4 is 16.9 Å². The molecule has 0 aliphatic carbocycles. The Kier molecular flexibility index (Phi) is 3.37. The van der Waals surface area contributed by atoms with Crippen LogP contribution in [0.5, 0.6) is 0 Å². The van der Waals surface area contributed by atoms with Crippen molar-refractivity contribution in [2.45, 2.75) is 13.8 Å². The van der Waals surface area contributed by atoms with E-state index in [2.05, 4.69) is 48.0 Å². The number of aromatic nitrogens is 5. The van der Waals surface area contributed by atoms with Gasteiger partial charge in [-0.1, -0.05) is 5.21 Å². The Balaban J connectivity index is 2.36. The molecule has 11 heteroatoms. The smallest absolute Gasteiger partial charge is 0.243 e. The fraction of sp³-hybridized carbons (Fsp3) is 0.250. The van der Waals surface area contributed by atoms with Gasteiger partial charge < -0.3 is 11.5 Å². The van der Waals surface area contributed by atoms with Crippen LogP contribution in [-0.4, -0.2) is 36.1 Å². The van der Waals surface area contributed by atoms with Gasteiger partial charge in [-0.25, -0.2) is 4.63 Å². The van der Waals surface area contributed by atoms with Gasteiger partial charge in [-0.2, -0.15) is 9.78 Å². The molecule has 0 fully saturated rings. The fourth-order valence-electron chi connectivity index (χ4n) is 1.39. The van der Waals surface area contributed by atoms with Crippen molar-refractivity contribution in [2.24, 2.45) is 10.8 Å². The quantitative estimate of drug-likeness (QED) is 0.370. The van der Waals surface area contributed by atoms with Crippen LogP contribution in [0.15, 0.2) is 9.73 Å². The first-order valence-corrected chi connectivity index (χ1v) is 5.52. The molecule has 0 aliphatic rings. The van der Waals surface area contributed by atoms with Gasteiger partial charge in [-0.3, -0.25) is 5.43 Å². The van der Waals surface area contributed by atoms with E-state index in [1.54, 1.807) is 13.8 Å². The Morgan fingerprint density at radius 3 is 2.79 bits per heavy atom. The van der Waals surface area contributed by atoms with E-state index in [0.717, 1.165) is 0 Å². The van der Waals surface area contributed by atoms with E-state index >= 15 is 0 Å². The highest BCUT2D eigenvalue weighted by molar-refractivity contribution is 7.80. The van der Waals surface area contributed by atoms with Crippen LogP contribution in [0.1, 0.15) is 18.3 Å². The summed E-state index contributed by atoms with van der Waals surface area (Å²) in [6.45, 7) is 3.51. The van der Waals surface area contributed by atoms with Crippen LogP contribution in [0.25, 0.3) is 5.82 Å². The second kappa shape index (κ2) is 4.97. The largest absolute Gasteiger partial charge is 0.378 e. The van der Waals surface area contributed by atoms with E-state index in [1.165, 1.54) is 4.68 Å². The lowest BCUT2D eigenvalue weighted by Gasteiger charge is -2.00. The van der Waals surface area contributed by atoms with Crippen LogP contribution in [0.4, 0.5) is 5.82 Å². The van der Waals surface area contributed by atoms with Crippen molar-refractivity contribution in [2.75, 3.05) is 5.73 Å². The maximum atomic E-state index is 5.59. The molecule has 0 atom stereocenters. The number of anilines is 1. The average Bonchev–Trinajstić information content (AvgIpc) is 2.92. The van der Waals surface area contributed by atoms with Crippen LogP contribution in [0, 0.1) is 6.92 Å². The summed E-state index contributed by atoms with van der Waals surface area (Å²) in [7, 11) is 0. The third-order valence-corrected chi connectivity index (χ3v) is 2.36. The predicted octanol–water partition coefficient (Wildman–Crippen LogP) is -0.902. The van der Waals surface area contributed by atoms with Crippen molar-refractivity contribution in [1.29, 1.82) is 0 Å². The number of nitrogen functional groups attached to an aromatic ring is 1. The molecule has 0 amide bonds. The van der Waals surface area contributed by atoms with E-state index in [-0.39, 0.29) is 16.7 Å². The molecule has 0 saturated heterocycles. The number of hydrazone groups is 1. The summed E-state index contributed by atoms with van der Waals surface area (Å²) in [4.78, 5) is 0. The van der Waals surface area contributed by atoms with Crippen LogP contribution in [0.3, 0.4) is 0 Å². The number of nitrogens with one attached hydrogen (secondary N) is 1. The lowest BCUT2D eigenvalue weighted by atomic mass is 10.2. The van der Waals surface area contributed by atoms with E-state index in [9.17, 15) is 0 Å². The van der Waals surface area contributed by atoms with E-state index in [4.69, 9.17) is 11.5 Å². The minimum Gasteiger partial charge on any atom is -0.378 e. The monoisotopic (exact) mass is 281 g/mol. The zero-order valence-corrected chi connectivity index (χ0v) is 11.0. The fourth-order valence-corrected chi connectivity index (χ4v) is 1.44. The molecule has 19 heavy (non-hydrogen) atoms. The zero-order chi connectivity index (χ0) is 14.0. The maximum absolute atomic E-state index is 5.59. The summed E-state index contributed by atoms with van der Waals surface area (Å²) in [5.74, 6) is 0.391. The normalized spacial score (nSPS) is 11.6. The molecule has 2 aromatic heterocycles. The van der Waals surface area contributed by atoms with Crippen molar-refractivity contribution in [3.05, 3.63) is 11.4 Å². The van der Waals surface area contributed by atoms with Gasteiger partial charge in [-0.15, -0.1) is 5.10 Å². The molecule has 5 N–H and O–H groups in total. The second-order valence-corrected chi connectivity index (χ2v) is 4.02. The van der Waals surface area contributed by atoms with Gasteiger partial charge >= 0.3 is 0 Å². The minimum atomic E-state index is 0.0642. The average molecular weight is 281 g/mol. The first-order valence-electron chi connectivity index (χ1n) is 5.11. The molecular weight excluding hydrogens is 270 g/mol. The number of nitrogens with zero attached hydrogens (tertiary/aromatic N) is 6. The van der Waals surface area contributed by atoms with Gasteiger partial charge in [0.1, 0.15) is 5.69 Å². The first kappa shape index (κ1) is 12.9. The summed E-state index contributed by atoms with van der Waals surface area (Å²) in [5, 5.41) is 19.1. The Morgan fingerprint density at radius 2 is 2.21 bits per heavy atom. The summed E-state index contributed by atoms with van der Waals surface area (Å²) in [6.07, 6.45) is 0. The van der Waals surface area contributed by atoms with Gasteiger partial charge in [0.05, 0.1) is 11.4 Å². The lowest BCUT2D eigenvalue weighted by Crippen LogP contribution is -2.25. The molecule has 0 radical (unpaired) electrons. The first-order chi connectivity index (χ1) is 9.00. The van der Waals surface area contributed by atoms with Crippen molar-refractivity contribution >= 4 is 28.9 Å². The van der Waals surface area contributed by atoms with Crippen molar-refractivity contribution in [3.63, 3.8) is 0 Å². The van der Waals surface area contributed by atoms with Crippen molar-refractivity contribution in [1.82, 2.24) is 30.7 Å². The van der Waals surface area contributed by atoms with Crippen LogP contribution >= 0.6 is 12.2 Å². The van der Waals surface area contributed by atoms with E-state index < -0.39 is 0 Å². The van der Waals surface area contributed by atoms with E-state index in [1.807, 2.05) is 0 Å². The molecule has 0 unspecified atom stereocenters. The molecular formula is C8H11N9OS. The number of rotatable bonds is 3. The lowest BCUT2D eigenvalue weighted by molar-refractivity contribution is 0.306. The molecule has 2 rings (SSSR count). The summed E-state index contributed by atoms with van der Waals surface area (Å²) in [5.41, 5.74) is 15.1.